The molecule has 1 atom stereocenters. The Bertz CT molecular complexity index is 111. The Morgan fingerprint density at radius 2 is 2.00 bits per heavy atom. The normalized spacial score (nSPS) is 25.4. The zero-order chi connectivity index (χ0) is 8.27. The number of aliphatic hydroxyl groups is 1. The van der Waals surface area contributed by atoms with Gasteiger partial charge in [-0.05, 0) is 24.7 Å². The predicted octanol–water partition coefficient (Wildman–Crippen LogP) is 0.716. The maximum absolute atomic E-state index is 9.05. The first kappa shape index (κ1) is 8.97. The molecule has 3 nitrogen and oxygen atoms in total. The van der Waals surface area contributed by atoms with Gasteiger partial charge in [0.1, 0.15) is 0 Å². The summed E-state index contributed by atoms with van der Waals surface area (Å²) in [6.07, 6.45) is 2.02. The van der Waals surface area contributed by atoms with Crippen LogP contribution in [0.1, 0.15) is 19.8 Å². The van der Waals surface area contributed by atoms with Crippen LogP contribution in [0.5, 0.6) is 0 Å². The van der Waals surface area contributed by atoms with Gasteiger partial charge in [0, 0.05) is 19.7 Å². The van der Waals surface area contributed by atoms with E-state index >= 15 is 0 Å². The van der Waals surface area contributed by atoms with Crippen molar-refractivity contribution in [2.75, 3.05) is 19.7 Å². The molecule has 3 heteroatoms. The highest BCUT2D eigenvalue weighted by Gasteiger charge is 2.22. The van der Waals surface area contributed by atoms with Gasteiger partial charge in [0.05, 0.1) is 0 Å². The molecule has 2 N–H and O–H groups in total. The fourth-order valence-corrected chi connectivity index (χ4v) is 1.60. The van der Waals surface area contributed by atoms with E-state index in [0.29, 0.717) is 11.8 Å². The average Bonchev–Trinajstić information content (AvgIpc) is 2.05. The number of hydrogen-bond donors (Lipinski definition) is 2. The summed E-state index contributed by atoms with van der Waals surface area (Å²) in [5.41, 5.74) is 0. The molecule has 0 bridgehead atoms. The first-order chi connectivity index (χ1) is 5.24. The Balaban J connectivity index is 2.27. The van der Waals surface area contributed by atoms with Gasteiger partial charge < -0.3 is 10.3 Å². The van der Waals surface area contributed by atoms with Gasteiger partial charge >= 0.3 is 0 Å². The van der Waals surface area contributed by atoms with Gasteiger partial charge in [0.2, 0.25) is 0 Å². The molecular weight excluding hydrogens is 142 g/mol. The summed E-state index contributed by atoms with van der Waals surface area (Å²) in [5, 5.41) is 19.3. The van der Waals surface area contributed by atoms with Crippen LogP contribution < -0.4 is 0 Å². The summed E-state index contributed by atoms with van der Waals surface area (Å²) in [4.78, 5) is 0. The van der Waals surface area contributed by atoms with Gasteiger partial charge in [0.15, 0.2) is 0 Å². The van der Waals surface area contributed by atoms with E-state index in [9.17, 15) is 0 Å². The van der Waals surface area contributed by atoms with Crippen LogP contribution in [0.25, 0.3) is 0 Å². The van der Waals surface area contributed by atoms with E-state index in [1.165, 1.54) is 5.06 Å². The Hall–Kier alpha value is -0.120. The third kappa shape index (κ3) is 2.43. The lowest BCUT2D eigenvalue weighted by molar-refractivity contribution is -0.116. The number of rotatable bonds is 2. The van der Waals surface area contributed by atoms with Crippen LogP contribution >= 0.6 is 0 Å². The lowest BCUT2D eigenvalue weighted by Gasteiger charge is -2.30. The van der Waals surface area contributed by atoms with Gasteiger partial charge in [-0.2, -0.15) is 5.06 Å². The summed E-state index contributed by atoms with van der Waals surface area (Å²) in [6.45, 7) is 3.86. The van der Waals surface area contributed by atoms with Crippen LogP contribution in [0.3, 0.4) is 0 Å². The van der Waals surface area contributed by atoms with Crippen LogP contribution in [0.15, 0.2) is 0 Å². The lowest BCUT2D eigenvalue weighted by Crippen LogP contribution is -2.33. The minimum Gasteiger partial charge on any atom is -0.396 e. The van der Waals surface area contributed by atoms with Crippen LogP contribution in [0, 0.1) is 11.8 Å². The van der Waals surface area contributed by atoms with Crippen LogP contribution in [0.4, 0.5) is 0 Å². The maximum atomic E-state index is 9.05. The van der Waals surface area contributed by atoms with Crippen LogP contribution in [-0.2, 0) is 0 Å². The van der Waals surface area contributed by atoms with Crippen molar-refractivity contribution in [2.24, 2.45) is 11.8 Å². The van der Waals surface area contributed by atoms with Gasteiger partial charge in [-0.3, -0.25) is 0 Å². The Morgan fingerprint density at radius 1 is 1.45 bits per heavy atom. The zero-order valence-electron chi connectivity index (χ0n) is 7.03. The molecule has 0 aliphatic carbocycles. The van der Waals surface area contributed by atoms with E-state index in [0.717, 1.165) is 25.9 Å². The van der Waals surface area contributed by atoms with E-state index in [1.807, 2.05) is 0 Å². The minimum absolute atomic E-state index is 0.274. The average molecular weight is 159 g/mol. The van der Waals surface area contributed by atoms with Crippen molar-refractivity contribution in [1.29, 1.82) is 0 Å². The SMILES string of the molecule is CC(CO)C1CCN(O)CC1. The molecule has 1 rings (SSSR count). The van der Waals surface area contributed by atoms with E-state index in [2.05, 4.69) is 6.92 Å². The maximum Gasteiger partial charge on any atom is 0.0459 e. The first-order valence-corrected chi connectivity index (χ1v) is 4.28. The second kappa shape index (κ2) is 4.04. The molecule has 1 aliphatic heterocycles. The van der Waals surface area contributed by atoms with Gasteiger partial charge in [0.25, 0.3) is 0 Å². The fourth-order valence-electron chi connectivity index (χ4n) is 1.60. The van der Waals surface area contributed by atoms with Crippen molar-refractivity contribution >= 4 is 0 Å². The second-order valence-electron chi connectivity index (χ2n) is 3.45. The number of hydrogen-bond acceptors (Lipinski definition) is 3. The Morgan fingerprint density at radius 3 is 2.45 bits per heavy atom. The summed E-state index contributed by atoms with van der Waals surface area (Å²) < 4.78 is 0. The zero-order valence-corrected chi connectivity index (χ0v) is 7.03. The number of hydroxylamine groups is 2. The number of nitrogens with zero attached hydrogens (tertiary/aromatic N) is 1. The molecule has 11 heavy (non-hydrogen) atoms. The van der Waals surface area contributed by atoms with Crippen molar-refractivity contribution < 1.29 is 10.3 Å². The first-order valence-electron chi connectivity index (χ1n) is 4.28. The van der Waals surface area contributed by atoms with E-state index in [1.54, 1.807) is 0 Å². The van der Waals surface area contributed by atoms with Crippen LogP contribution in [0.2, 0.25) is 0 Å². The minimum atomic E-state index is 0.274. The molecule has 0 saturated carbocycles. The molecule has 0 aromatic rings. The molecule has 0 radical (unpaired) electrons. The largest absolute Gasteiger partial charge is 0.396 e. The Labute approximate surface area is 67.6 Å². The highest BCUT2D eigenvalue weighted by Crippen LogP contribution is 2.23. The second-order valence-corrected chi connectivity index (χ2v) is 3.45. The highest BCUT2D eigenvalue weighted by atomic mass is 16.5. The summed E-state index contributed by atoms with van der Waals surface area (Å²) in [7, 11) is 0. The third-order valence-corrected chi connectivity index (χ3v) is 2.61. The molecule has 0 aromatic heterocycles. The number of aliphatic hydroxyl groups excluding tert-OH is 1. The van der Waals surface area contributed by atoms with Crippen molar-refractivity contribution in [1.82, 2.24) is 5.06 Å². The molecule has 1 unspecified atom stereocenters. The molecule has 1 aliphatic rings. The molecule has 1 fully saturated rings. The standard InChI is InChI=1S/C8H17NO2/c1-7(6-10)8-2-4-9(11)5-3-8/h7-8,10-11H,2-6H2,1H3. The van der Waals surface area contributed by atoms with Crippen LogP contribution in [-0.4, -0.2) is 35.1 Å². The third-order valence-electron chi connectivity index (χ3n) is 2.61. The number of piperidine rings is 1. The van der Waals surface area contributed by atoms with Crippen molar-refractivity contribution in [3.8, 4) is 0 Å². The molecule has 0 spiro atoms. The van der Waals surface area contributed by atoms with E-state index < -0.39 is 0 Å². The molecule has 0 aromatic carbocycles. The van der Waals surface area contributed by atoms with Gasteiger partial charge in [-0.1, -0.05) is 6.92 Å². The predicted molar refractivity (Wildman–Crippen MR) is 42.3 cm³/mol. The molecule has 0 amide bonds. The monoisotopic (exact) mass is 159 g/mol. The van der Waals surface area contributed by atoms with E-state index in [-0.39, 0.29) is 6.61 Å². The van der Waals surface area contributed by atoms with Crippen molar-refractivity contribution in [3.63, 3.8) is 0 Å². The van der Waals surface area contributed by atoms with Gasteiger partial charge in [-0.15, -0.1) is 0 Å². The highest BCUT2D eigenvalue weighted by molar-refractivity contribution is 4.71. The topological polar surface area (TPSA) is 43.7 Å². The lowest BCUT2D eigenvalue weighted by atomic mass is 9.86. The summed E-state index contributed by atoms with van der Waals surface area (Å²) in [6, 6.07) is 0. The van der Waals surface area contributed by atoms with Crippen molar-refractivity contribution in [3.05, 3.63) is 0 Å². The molecule has 1 saturated heterocycles. The smallest absolute Gasteiger partial charge is 0.0459 e. The Kier molecular flexibility index (Phi) is 3.30. The quantitative estimate of drug-likeness (QED) is 0.624. The summed E-state index contributed by atoms with van der Waals surface area (Å²) >= 11 is 0. The van der Waals surface area contributed by atoms with Crippen molar-refractivity contribution in [2.45, 2.75) is 19.8 Å². The molecular formula is C8H17NO2. The fraction of sp³-hybridized carbons (Fsp3) is 1.00. The molecule has 1 heterocycles. The summed E-state index contributed by atoms with van der Waals surface area (Å²) in [5.74, 6) is 0.993. The van der Waals surface area contributed by atoms with E-state index in [4.69, 9.17) is 10.3 Å². The van der Waals surface area contributed by atoms with Gasteiger partial charge in [-0.25, -0.2) is 0 Å². The molecule has 66 valence electrons.